The second-order valence-electron chi connectivity index (χ2n) is 6.80. The molecule has 0 spiro atoms. The summed E-state index contributed by atoms with van der Waals surface area (Å²) in [5.74, 6) is -0.0484. The molecule has 0 bridgehead atoms. The molecule has 4 heteroatoms. The molecule has 140 valence electrons. The minimum absolute atomic E-state index is 0.0152. The van der Waals surface area contributed by atoms with Crippen LogP contribution < -0.4 is 10.6 Å². The molecule has 0 aliphatic carbocycles. The van der Waals surface area contributed by atoms with Crippen LogP contribution in [0.15, 0.2) is 90.3 Å². The molecule has 0 fully saturated rings. The molecule has 2 atom stereocenters. The van der Waals surface area contributed by atoms with E-state index in [1.807, 2.05) is 61.5 Å². The zero-order valence-corrected chi connectivity index (χ0v) is 16.4. The number of amides is 1. The molecule has 0 aliphatic heterocycles. The van der Waals surface area contributed by atoms with Crippen LogP contribution in [0.1, 0.15) is 23.4 Å². The highest BCUT2D eigenvalue weighted by Gasteiger charge is 2.21. The highest BCUT2D eigenvalue weighted by molar-refractivity contribution is 7.10. The van der Waals surface area contributed by atoms with Gasteiger partial charge >= 0.3 is 0 Å². The Hall–Kier alpha value is -2.95. The van der Waals surface area contributed by atoms with Crippen LogP contribution in [0.5, 0.6) is 0 Å². The normalized spacial score (nSPS) is 13.2. The first kappa shape index (κ1) is 18.4. The number of rotatable bonds is 6. The van der Waals surface area contributed by atoms with Crippen LogP contribution >= 0.6 is 11.3 Å². The molecule has 0 saturated carbocycles. The van der Waals surface area contributed by atoms with E-state index in [1.165, 1.54) is 4.88 Å². The fourth-order valence-corrected chi connectivity index (χ4v) is 4.10. The van der Waals surface area contributed by atoms with E-state index >= 15 is 0 Å². The standard InChI is InChI=1S/C24H22N2OS/c1-17(24(27)26-21-14-13-18-8-5-6-11-20(18)16-21)25-23(22-12-7-15-28-22)19-9-3-2-4-10-19/h2-17,23,25H,1H3,(H,26,27)/t17-,23+/m0/s1. The van der Waals surface area contributed by atoms with Crippen molar-refractivity contribution < 1.29 is 4.79 Å². The summed E-state index contributed by atoms with van der Waals surface area (Å²) in [7, 11) is 0. The maximum Gasteiger partial charge on any atom is 0.241 e. The van der Waals surface area contributed by atoms with Gasteiger partial charge in [-0.1, -0.05) is 66.7 Å². The van der Waals surface area contributed by atoms with Crippen LogP contribution in [0.3, 0.4) is 0 Å². The number of nitrogens with one attached hydrogen (secondary N) is 2. The lowest BCUT2D eigenvalue weighted by Gasteiger charge is -2.22. The number of anilines is 1. The summed E-state index contributed by atoms with van der Waals surface area (Å²) >= 11 is 1.69. The molecule has 3 nitrogen and oxygen atoms in total. The van der Waals surface area contributed by atoms with Gasteiger partial charge in [-0.3, -0.25) is 10.1 Å². The first-order chi connectivity index (χ1) is 13.7. The third-order valence-electron chi connectivity index (χ3n) is 4.79. The van der Waals surface area contributed by atoms with Crippen LogP contribution in [-0.4, -0.2) is 11.9 Å². The Kier molecular flexibility index (Phi) is 5.51. The minimum atomic E-state index is -0.348. The molecule has 1 amide bonds. The molecule has 0 aliphatic rings. The number of hydrogen-bond donors (Lipinski definition) is 2. The van der Waals surface area contributed by atoms with E-state index in [4.69, 9.17) is 0 Å². The van der Waals surface area contributed by atoms with Crippen molar-refractivity contribution in [1.82, 2.24) is 5.32 Å². The van der Waals surface area contributed by atoms with E-state index in [1.54, 1.807) is 11.3 Å². The first-order valence-corrected chi connectivity index (χ1v) is 10.2. The summed E-state index contributed by atoms with van der Waals surface area (Å²) in [5, 5.41) is 10.9. The van der Waals surface area contributed by atoms with Gasteiger partial charge in [-0.2, -0.15) is 0 Å². The maximum absolute atomic E-state index is 12.8. The average molecular weight is 387 g/mol. The fraction of sp³-hybridized carbons (Fsp3) is 0.125. The Balaban J connectivity index is 1.50. The predicted molar refractivity (Wildman–Crippen MR) is 118 cm³/mol. The van der Waals surface area contributed by atoms with Crippen molar-refractivity contribution in [3.05, 3.63) is 101 Å². The van der Waals surface area contributed by atoms with E-state index < -0.39 is 0 Å². The van der Waals surface area contributed by atoms with E-state index in [0.29, 0.717) is 0 Å². The van der Waals surface area contributed by atoms with E-state index in [9.17, 15) is 4.79 Å². The van der Waals surface area contributed by atoms with Gasteiger partial charge < -0.3 is 5.32 Å². The molecule has 4 rings (SSSR count). The quantitative estimate of drug-likeness (QED) is 0.452. The lowest BCUT2D eigenvalue weighted by Crippen LogP contribution is -2.40. The van der Waals surface area contributed by atoms with Gasteiger partial charge in [0.2, 0.25) is 5.91 Å². The number of carbonyl (C=O) groups is 1. The molecule has 4 aromatic rings. The van der Waals surface area contributed by atoms with Crippen molar-refractivity contribution in [2.75, 3.05) is 5.32 Å². The number of benzene rings is 3. The first-order valence-electron chi connectivity index (χ1n) is 9.35. The van der Waals surface area contributed by atoms with Gasteiger partial charge in [-0.15, -0.1) is 11.3 Å². The predicted octanol–water partition coefficient (Wildman–Crippen LogP) is 5.61. The van der Waals surface area contributed by atoms with Crippen LogP contribution in [0.4, 0.5) is 5.69 Å². The lowest BCUT2D eigenvalue weighted by atomic mass is 10.0. The van der Waals surface area contributed by atoms with Crippen LogP contribution in [0.2, 0.25) is 0 Å². The minimum Gasteiger partial charge on any atom is -0.325 e. The van der Waals surface area contributed by atoms with Gasteiger partial charge in [0.1, 0.15) is 0 Å². The Labute approximate surface area is 169 Å². The zero-order valence-electron chi connectivity index (χ0n) is 15.6. The molecule has 2 N–H and O–H groups in total. The van der Waals surface area contributed by atoms with Gasteiger partial charge in [0, 0.05) is 10.6 Å². The topological polar surface area (TPSA) is 41.1 Å². The number of carbonyl (C=O) groups excluding carboxylic acids is 1. The summed E-state index contributed by atoms with van der Waals surface area (Å²) in [6.07, 6.45) is 0. The molecule has 0 radical (unpaired) electrons. The lowest BCUT2D eigenvalue weighted by molar-refractivity contribution is -0.117. The van der Waals surface area contributed by atoms with Crippen molar-refractivity contribution in [2.45, 2.75) is 19.0 Å². The molecular weight excluding hydrogens is 364 g/mol. The summed E-state index contributed by atoms with van der Waals surface area (Å²) in [4.78, 5) is 14.0. The van der Waals surface area contributed by atoms with Gasteiger partial charge in [0.15, 0.2) is 0 Å². The van der Waals surface area contributed by atoms with E-state index in [2.05, 4.69) is 46.3 Å². The molecule has 1 aromatic heterocycles. The van der Waals surface area contributed by atoms with Crippen molar-refractivity contribution in [3.63, 3.8) is 0 Å². The molecule has 28 heavy (non-hydrogen) atoms. The number of fused-ring (bicyclic) bond motifs is 1. The van der Waals surface area contributed by atoms with Crippen LogP contribution in [-0.2, 0) is 4.79 Å². The molecule has 3 aromatic carbocycles. The Morgan fingerprint density at radius 3 is 2.36 bits per heavy atom. The Morgan fingerprint density at radius 2 is 1.61 bits per heavy atom. The summed E-state index contributed by atoms with van der Waals surface area (Å²) in [6, 6.07) is 28.1. The Bertz CT molecular complexity index is 1060. The highest BCUT2D eigenvalue weighted by Crippen LogP contribution is 2.26. The maximum atomic E-state index is 12.8. The summed E-state index contributed by atoms with van der Waals surface area (Å²) < 4.78 is 0. The van der Waals surface area contributed by atoms with Gasteiger partial charge in [0.05, 0.1) is 12.1 Å². The second-order valence-corrected chi connectivity index (χ2v) is 7.78. The summed E-state index contributed by atoms with van der Waals surface area (Å²) in [6.45, 7) is 1.90. The largest absolute Gasteiger partial charge is 0.325 e. The molecule has 0 saturated heterocycles. The van der Waals surface area contributed by atoms with Gasteiger partial charge in [-0.05, 0) is 46.8 Å². The van der Waals surface area contributed by atoms with E-state index in [0.717, 1.165) is 22.0 Å². The van der Waals surface area contributed by atoms with Crippen molar-refractivity contribution in [1.29, 1.82) is 0 Å². The van der Waals surface area contributed by atoms with Crippen molar-refractivity contribution in [2.24, 2.45) is 0 Å². The van der Waals surface area contributed by atoms with Gasteiger partial charge in [0.25, 0.3) is 0 Å². The number of hydrogen-bond acceptors (Lipinski definition) is 3. The third kappa shape index (κ3) is 4.14. The van der Waals surface area contributed by atoms with Crippen LogP contribution in [0, 0.1) is 0 Å². The monoisotopic (exact) mass is 386 g/mol. The second kappa shape index (κ2) is 8.38. The molecule has 0 unspecified atom stereocenters. The SMILES string of the molecule is C[C@H](N[C@H](c1ccccc1)c1cccs1)C(=O)Nc1ccc2ccccc2c1. The molecular formula is C24H22N2OS. The number of thiophene rings is 1. The third-order valence-corrected chi connectivity index (χ3v) is 5.72. The van der Waals surface area contributed by atoms with Gasteiger partial charge in [-0.25, -0.2) is 0 Å². The fourth-order valence-electron chi connectivity index (χ4n) is 3.29. The highest BCUT2D eigenvalue weighted by atomic mass is 32.1. The summed E-state index contributed by atoms with van der Waals surface area (Å²) in [5.41, 5.74) is 1.96. The molecule has 1 heterocycles. The van der Waals surface area contributed by atoms with Crippen molar-refractivity contribution in [3.8, 4) is 0 Å². The Morgan fingerprint density at radius 1 is 0.857 bits per heavy atom. The average Bonchev–Trinajstić information content (AvgIpc) is 3.27. The van der Waals surface area contributed by atoms with Crippen LogP contribution in [0.25, 0.3) is 10.8 Å². The smallest absolute Gasteiger partial charge is 0.241 e. The zero-order chi connectivity index (χ0) is 19.3. The van der Waals surface area contributed by atoms with Crippen molar-refractivity contribution >= 4 is 33.7 Å². The van der Waals surface area contributed by atoms with E-state index in [-0.39, 0.29) is 18.0 Å².